The molecule has 0 aliphatic rings. The number of anilines is 2. The van der Waals surface area contributed by atoms with E-state index < -0.39 is 0 Å². The predicted molar refractivity (Wildman–Crippen MR) is 89.8 cm³/mol. The maximum Gasteiger partial charge on any atom is 0.319 e. The number of aromatic hydroxyl groups is 1. The molecule has 0 unspecified atom stereocenters. The number of para-hydroxylation sites is 1. The number of nitrogens with one attached hydrogen (secondary N) is 3. The van der Waals surface area contributed by atoms with Crippen LogP contribution >= 0.6 is 0 Å². The minimum Gasteiger partial charge on any atom is -0.508 e. The van der Waals surface area contributed by atoms with Crippen LogP contribution in [0.1, 0.15) is 24.2 Å². The molecule has 0 spiro atoms. The summed E-state index contributed by atoms with van der Waals surface area (Å²) >= 11 is 0. The van der Waals surface area contributed by atoms with Crippen LogP contribution in [0.15, 0.2) is 48.5 Å². The van der Waals surface area contributed by atoms with Gasteiger partial charge in [0, 0.05) is 17.8 Å². The highest BCUT2D eigenvalue weighted by Crippen LogP contribution is 2.19. The molecule has 2 rings (SSSR count). The minimum absolute atomic E-state index is 0.0108. The second-order valence-corrected chi connectivity index (χ2v) is 5.30. The van der Waals surface area contributed by atoms with Crippen molar-refractivity contribution in [2.75, 3.05) is 10.6 Å². The molecule has 0 bridgehead atoms. The van der Waals surface area contributed by atoms with Crippen LogP contribution in [0.25, 0.3) is 0 Å². The molecule has 6 nitrogen and oxygen atoms in total. The Hall–Kier alpha value is -3.02. The Morgan fingerprint density at radius 2 is 1.74 bits per heavy atom. The van der Waals surface area contributed by atoms with Crippen molar-refractivity contribution in [3.63, 3.8) is 0 Å². The van der Waals surface area contributed by atoms with Gasteiger partial charge in [-0.05, 0) is 38.1 Å². The first-order chi connectivity index (χ1) is 11.0. The Morgan fingerprint density at radius 1 is 1.00 bits per heavy atom. The van der Waals surface area contributed by atoms with Gasteiger partial charge in [-0.1, -0.05) is 18.2 Å². The Morgan fingerprint density at radius 3 is 2.43 bits per heavy atom. The Kier molecular flexibility index (Phi) is 5.19. The monoisotopic (exact) mass is 313 g/mol. The van der Waals surface area contributed by atoms with Crippen molar-refractivity contribution < 1.29 is 14.7 Å². The number of phenolic OH excluding ortho intramolecular Hbond substituents is 1. The summed E-state index contributed by atoms with van der Waals surface area (Å²) < 4.78 is 0. The van der Waals surface area contributed by atoms with E-state index in [4.69, 9.17) is 0 Å². The van der Waals surface area contributed by atoms with Crippen molar-refractivity contribution >= 4 is 23.3 Å². The maximum absolute atomic E-state index is 12.4. The van der Waals surface area contributed by atoms with Crippen LogP contribution in [-0.4, -0.2) is 23.1 Å². The van der Waals surface area contributed by atoms with Gasteiger partial charge in [0.05, 0.1) is 11.3 Å². The highest BCUT2D eigenvalue weighted by atomic mass is 16.3. The van der Waals surface area contributed by atoms with Crippen LogP contribution in [-0.2, 0) is 0 Å². The summed E-state index contributed by atoms with van der Waals surface area (Å²) in [5.74, 6) is -0.318. The van der Waals surface area contributed by atoms with Crippen LogP contribution in [0, 0.1) is 0 Å². The third kappa shape index (κ3) is 4.74. The number of hydrogen-bond donors (Lipinski definition) is 4. The number of rotatable bonds is 4. The number of phenols is 1. The summed E-state index contributed by atoms with van der Waals surface area (Å²) in [6, 6.07) is 12.6. The lowest BCUT2D eigenvalue weighted by Gasteiger charge is -2.13. The number of carbonyl (C=O) groups is 2. The van der Waals surface area contributed by atoms with Gasteiger partial charge in [-0.3, -0.25) is 4.79 Å². The van der Waals surface area contributed by atoms with Gasteiger partial charge >= 0.3 is 6.03 Å². The van der Waals surface area contributed by atoms with E-state index in [0.717, 1.165) is 0 Å². The minimum atomic E-state index is -0.379. The Labute approximate surface area is 134 Å². The van der Waals surface area contributed by atoms with E-state index in [1.54, 1.807) is 36.4 Å². The van der Waals surface area contributed by atoms with Gasteiger partial charge in [0.25, 0.3) is 5.91 Å². The van der Waals surface area contributed by atoms with Crippen molar-refractivity contribution in [2.24, 2.45) is 0 Å². The summed E-state index contributed by atoms with van der Waals surface area (Å²) in [7, 11) is 0. The molecule has 120 valence electrons. The number of urea groups is 1. The fourth-order valence-corrected chi connectivity index (χ4v) is 1.99. The zero-order chi connectivity index (χ0) is 16.8. The predicted octanol–water partition coefficient (Wildman–Crippen LogP) is 3.17. The summed E-state index contributed by atoms with van der Waals surface area (Å²) in [6.07, 6.45) is 0. The molecule has 0 fully saturated rings. The normalized spacial score (nSPS) is 10.2. The third-order valence-electron chi connectivity index (χ3n) is 2.94. The number of carbonyl (C=O) groups excluding carboxylic acids is 2. The van der Waals surface area contributed by atoms with Crippen LogP contribution < -0.4 is 16.0 Å². The fourth-order valence-electron chi connectivity index (χ4n) is 1.99. The Balaban J connectivity index is 2.15. The number of amides is 3. The molecule has 0 aliphatic heterocycles. The van der Waals surface area contributed by atoms with Gasteiger partial charge in [0.15, 0.2) is 0 Å². The highest BCUT2D eigenvalue weighted by Gasteiger charge is 2.13. The molecule has 2 aromatic carbocycles. The zero-order valence-electron chi connectivity index (χ0n) is 13.0. The quantitative estimate of drug-likeness (QED) is 0.699. The lowest BCUT2D eigenvalue weighted by molar-refractivity contribution is 0.102. The first-order valence-corrected chi connectivity index (χ1v) is 7.22. The van der Waals surface area contributed by atoms with E-state index in [1.807, 2.05) is 13.8 Å². The van der Waals surface area contributed by atoms with E-state index in [2.05, 4.69) is 16.0 Å². The van der Waals surface area contributed by atoms with Gasteiger partial charge in [-0.25, -0.2) is 4.79 Å². The first-order valence-electron chi connectivity index (χ1n) is 7.22. The van der Waals surface area contributed by atoms with E-state index in [1.165, 1.54) is 12.1 Å². The molecular weight excluding hydrogens is 294 g/mol. The third-order valence-corrected chi connectivity index (χ3v) is 2.94. The topological polar surface area (TPSA) is 90.5 Å². The van der Waals surface area contributed by atoms with E-state index in [0.29, 0.717) is 16.9 Å². The first kappa shape index (κ1) is 16.4. The van der Waals surface area contributed by atoms with Crippen LogP contribution in [0.2, 0.25) is 0 Å². The second-order valence-electron chi connectivity index (χ2n) is 5.30. The van der Waals surface area contributed by atoms with Crippen molar-refractivity contribution in [1.29, 1.82) is 0 Å². The van der Waals surface area contributed by atoms with Crippen LogP contribution in [0.4, 0.5) is 16.2 Å². The highest BCUT2D eigenvalue weighted by molar-refractivity contribution is 6.10. The van der Waals surface area contributed by atoms with Crippen molar-refractivity contribution in [3.05, 3.63) is 54.1 Å². The van der Waals surface area contributed by atoms with Crippen LogP contribution in [0.5, 0.6) is 5.75 Å². The molecule has 0 atom stereocenters. The van der Waals surface area contributed by atoms with Crippen molar-refractivity contribution in [1.82, 2.24) is 5.32 Å². The molecule has 2 aromatic rings. The summed E-state index contributed by atoms with van der Waals surface area (Å²) in [5.41, 5.74) is 1.20. The summed E-state index contributed by atoms with van der Waals surface area (Å²) in [5, 5.41) is 17.5. The van der Waals surface area contributed by atoms with Gasteiger partial charge in [0.1, 0.15) is 5.75 Å². The molecule has 6 heteroatoms. The lowest BCUT2D eigenvalue weighted by Crippen LogP contribution is -2.34. The standard InChI is InChI=1S/C17H19N3O3/c1-11(2)18-17(23)20-15-9-4-3-8-14(15)16(22)19-12-6-5-7-13(21)10-12/h3-11,21H,1-2H3,(H,19,22)(H2,18,20,23). The largest absolute Gasteiger partial charge is 0.508 e. The fraction of sp³-hybridized carbons (Fsp3) is 0.176. The average Bonchev–Trinajstić information content (AvgIpc) is 2.46. The molecule has 0 aromatic heterocycles. The van der Waals surface area contributed by atoms with Crippen molar-refractivity contribution in [3.8, 4) is 5.75 Å². The van der Waals surface area contributed by atoms with E-state index in [-0.39, 0.29) is 23.7 Å². The SMILES string of the molecule is CC(C)NC(=O)Nc1ccccc1C(=O)Nc1cccc(O)c1. The van der Waals surface area contributed by atoms with E-state index >= 15 is 0 Å². The average molecular weight is 313 g/mol. The summed E-state index contributed by atoms with van der Waals surface area (Å²) in [6.45, 7) is 3.69. The van der Waals surface area contributed by atoms with Crippen molar-refractivity contribution in [2.45, 2.75) is 19.9 Å². The van der Waals surface area contributed by atoms with Gasteiger partial charge in [-0.2, -0.15) is 0 Å². The van der Waals surface area contributed by atoms with Gasteiger partial charge in [-0.15, -0.1) is 0 Å². The second kappa shape index (κ2) is 7.31. The molecule has 0 heterocycles. The zero-order valence-corrected chi connectivity index (χ0v) is 13.0. The van der Waals surface area contributed by atoms with Gasteiger partial charge in [0.2, 0.25) is 0 Å². The molecule has 3 amide bonds. The van der Waals surface area contributed by atoms with Gasteiger partial charge < -0.3 is 21.1 Å². The molecule has 4 N–H and O–H groups in total. The molecule has 23 heavy (non-hydrogen) atoms. The molecule has 0 radical (unpaired) electrons. The molecular formula is C17H19N3O3. The summed E-state index contributed by atoms with van der Waals surface area (Å²) in [4.78, 5) is 24.2. The molecule has 0 saturated carbocycles. The lowest BCUT2D eigenvalue weighted by atomic mass is 10.1. The van der Waals surface area contributed by atoms with E-state index in [9.17, 15) is 14.7 Å². The number of benzene rings is 2. The van der Waals surface area contributed by atoms with Crippen LogP contribution in [0.3, 0.4) is 0 Å². The Bertz CT molecular complexity index is 714. The molecule has 0 saturated heterocycles. The number of hydrogen-bond acceptors (Lipinski definition) is 3. The maximum atomic E-state index is 12.4. The molecule has 0 aliphatic carbocycles. The smallest absolute Gasteiger partial charge is 0.319 e.